The summed E-state index contributed by atoms with van der Waals surface area (Å²) in [5.41, 5.74) is -0.317. The summed E-state index contributed by atoms with van der Waals surface area (Å²) in [6.45, 7) is 0.697. The summed E-state index contributed by atoms with van der Waals surface area (Å²) in [5, 5.41) is 0. The number of nitrogens with two attached hydrogens (primary N) is 1. The van der Waals surface area contributed by atoms with E-state index in [0.717, 1.165) is 24.3 Å². The lowest BCUT2D eigenvalue weighted by Crippen LogP contribution is -2.21. The van der Waals surface area contributed by atoms with Crippen molar-refractivity contribution in [1.82, 2.24) is 0 Å². The highest BCUT2D eigenvalue weighted by atomic mass is 32.2. The molecular weight excluding hydrogens is 268 g/mol. The lowest BCUT2D eigenvalue weighted by Gasteiger charge is -2.11. The van der Waals surface area contributed by atoms with Crippen LogP contribution in [-0.4, -0.2) is 20.1 Å². The summed E-state index contributed by atoms with van der Waals surface area (Å²) in [7, 11) is -3.93. The van der Waals surface area contributed by atoms with E-state index in [0.29, 0.717) is 6.92 Å². The van der Waals surface area contributed by atoms with Gasteiger partial charge in [-0.15, -0.1) is 0 Å². The molecule has 0 saturated carbocycles. The van der Waals surface area contributed by atoms with Gasteiger partial charge in [0.2, 0.25) is 0 Å². The van der Waals surface area contributed by atoms with E-state index in [1.54, 1.807) is 0 Å². The fourth-order valence-corrected chi connectivity index (χ4v) is 2.32. The monoisotopic (exact) mass is 279 g/mol. The van der Waals surface area contributed by atoms with Crippen LogP contribution in [0.15, 0.2) is 29.2 Å². The molecule has 5 nitrogen and oxygen atoms in total. The summed E-state index contributed by atoms with van der Waals surface area (Å²) < 4.78 is 49.1. The number of benzene rings is 1. The molecule has 0 aliphatic rings. The minimum absolute atomic E-state index is 0.249. The van der Waals surface area contributed by atoms with Crippen molar-refractivity contribution in [3.8, 4) is 0 Å². The number of hydrogen-bond acceptors (Lipinski definition) is 5. The third-order valence-corrected chi connectivity index (χ3v) is 3.77. The first kappa shape index (κ1) is 14.5. The van der Waals surface area contributed by atoms with Crippen LogP contribution >= 0.6 is 0 Å². The smallest absolute Gasteiger partial charge is 0.339 e. The Balaban J connectivity index is 3.02. The third kappa shape index (κ3) is 3.47. The molecule has 0 amide bonds. The van der Waals surface area contributed by atoms with Crippen molar-refractivity contribution in [3.63, 3.8) is 0 Å². The highest BCUT2D eigenvalue weighted by Gasteiger charge is 2.25. The Bertz CT molecular complexity index is 534. The molecule has 18 heavy (non-hydrogen) atoms. The van der Waals surface area contributed by atoms with Crippen LogP contribution in [0.5, 0.6) is 0 Å². The number of sulfone groups is 1. The first-order chi connectivity index (χ1) is 8.16. The van der Waals surface area contributed by atoms with Crippen LogP contribution in [0.2, 0.25) is 0 Å². The molecule has 0 aliphatic heterocycles. The standard InChI is InChI=1S/C10H11F2NO4S/c1-10(11,12)7-2-4-8(5-3-7)18(15,16)6-9(14)17-13/h2-5H,6,13H2,1H3. The lowest BCUT2D eigenvalue weighted by molar-refractivity contribution is -0.141. The SMILES string of the molecule is CC(F)(F)c1ccc(S(=O)(=O)CC(=O)ON)cc1. The zero-order valence-corrected chi connectivity index (χ0v) is 10.2. The molecule has 1 aromatic carbocycles. The summed E-state index contributed by atoms with van der Waals surface area (Å²) in [4.78, 5) is 14.3. The van der Waals surface area contributed by atoms with Crippen LogP contribution in [0.1, 0.15) is 12.5 Å². The van der Waals surface area contributed by atoms with Crippen LogP contribution in [-0.2, 0) is 25.4 Å². The molecule has 0 aliphatic carbocycles. The number of rotatable bonds is 4. The summed E-state index contributed by atoms with van der Waals surface area (Å²) in [6.07, 6.45) is 0. The van der Waals surface area contributed by atoms with E-state index in [1.165, 1.54) is 0 Å². The van der Waals surface area contributed by atoms with E-state index >= 15 is 0 Å². The molecule has 0 bridgehead atoms. The molecular formula is C10H11F2NO4S. The van der Waals surface area contributed by atoms with Crippen LogP contribution in [0.4, 0.5) is 8.78 Å². The Labute approximate surface area is 102 Å². The van der Waals surface area contributed by atoms with Crippen molar-refractivity contribution in [2.45, 2.75) is 17.7 Å². The van der Waals surface area contributed by atoms with Gasteiger partial charge in [-0.25, -0.2) is 22.0 Å². The van der Waals surface area contributed by atoms with E-state index in [4.69, 9.17) is 0 Å². The van der Waals surface area contributed by atoms with Crippen molar-refractivity contribution < 1.29 is 26.8 Å². The first-order valence-electron chi connectivity index (χ1n) is 4.77. The Morgan fingerprint density at radius 1 is 1.33 bits per heavy atom. The molecule has 1 rings (SSSR count). The molecule has 8 heteroatoms. The predicted molar refractivity (Wildman–Crippen MR) is 58.3 cm³/mol. The van der Waals surface area contributed by atoms with Gasteiger partial charge in [0.25, 0.3) is 5.92 Å². The second kappa shape index (κ2) is 4.99. The minimum Gasteiger partial charge on any atom is -0.373 e. The predicted octanol–water partition coefficient (Wildman–Crippen LogP) is 0.989. The molecule has 0 spiro atoms. The summed E-state index contributed by atoms with van der Waals surface area (Å²) in [6, 6.07) is 3.99. The van der Waals surface area contributed by atoms with E-state index in [9.17, 15) is 22.0 Å². The number of halogens is 2. The van der Waals surface area contributed by atoms with Gasteiger partial charge >= 0.3 is 5.97 Å². The van der Waals surface area contributed by atoms with Gasteiger partial charge in [0.15, 0.2) is 15.6 Å². The molecule has 100 valence electrons. The topological polar surface area (TPSA) is 86.5 Å². The maximum absolute atomic E-state index is 12.9. The summed E-state index contributed by atoms with van der Waals surface area (Å²) >= 11 is 0. The Morgan fingerprint density at radius 3 is 2.22 bits per heavy atom. The molecule has 0 saturated heterocycles. The van der Waals surface area contributed by atoms with Gasteiger partial charge in [-0.2, -0.15) is 5.90 Å². The number of alkyl halides is 2. The zero-order valence-electron chi connectivity index (χ0n) is 9.39. The molecule has 0 heterocycles. The fourth-order valence-electron chi connectivity index (χ4n) is 1.23. The van der Waals surface area contributed by atoms with E-state index in [2.05, 4.69) is 10.7 Å². The molecule has 0 unspecified atom stereocenters. The molecule has 2 N–H and O–H groups in total. The molecule has 0 radical (unpaired) electrons. The molecule has 1 aromatic rings. The number of carbonyl (C=O) groups excluding carboxylic acids is 1. The van der Waals surface area contributed by atoms with E-state index in [-0.39, 0.29) is 10.5 Å². The third-order valence-electron chi connectivity index (χ3n) is 2.16. The van der Waals surface area contributed by atoms with Crippen molar-refractivity contribution in [3.05, 3.63) is 29.8 Å². The van der Waals surface area contributed by atoms with Crippen molar-refractivity contribution in [1.29, 1.82) is 0 Å². The summed E-state index contributed by atoms with van der Waals surface area (Å²) in [5.74, 6) is -0.596. The average Bonchev–Trinajstić information content (AvgIpc) is 2.27. The van der Waals surface area contributed by atoms with Gasteiger partial charge in [0.1, 0.15) is 0 Å². The Morgan fingerprint density at radius 2 is 1.83 bits per heavy atom. The van der Waals surface area contributed by atoms with Crippen molar-refractivity contribution in [2.75, 3.05) is 5.75 Å². The van der Waals surface area contributed by atoms with Gasteiger partial charge < -0.3 is 4.84 Å². The second-order valence-electron chi connectivity index (χ2n) is 3.66. The van der Waals surface area contributed by atoms with Gasteiger partial charge in [-0.1, -0.05) is 12.1 Å². The van der Waals surface area contributed by atoms with Gasteiger partial charge in [-0.3, -0.25) is 0 Å². The fraction of sp³-hybridized carbons (Fsp3) is 0.300. The van der Waals surface area contributed by atoms with Gasteiger partial charge in [0.05, 0.1) is 4.90 Å². The van der Waals surface area contributed by atoms with Crippen LogP contribution in [0.3, 0.4) is 0 Å². The van der Waals surface area contributed by atoms with Gasteiger partial charge in [0, 0.05) is 12.5 Å². The largest absolute Gasteiger partial charge is 0.373 e. The number of carbonyl (C=O) groups is 1. The van der Waals surface area contributed by atoms with Crippen LogP contribution < -0.4 is 5.90 Å². The highest BCUT2D eigenvalue weighted by Crippen LogP contribution is 2.27. The second-order valence-corrected chi connectivity index (χ2v) is 5.65. The van der Waals surface area contributed by atoms with Crippen LogP contribution in [0.25, 0.3) is 0 Å². The van der Waals surface area contributed by atoms with E-state index in [1.807, 2.05) is 0 Å². The maximum atomic E-state index is 12.9. The Kier molecular flexibility index (Phi) is 4.02. The number of hydrogen-bond donors (Lipinski definition) is 1. The van der Waals surface area contributed by atoms with Gasteiger partial charge in [-0.05, 0) is 12.1 Å². The minimum atomic E-state index is -3.93. The molecule has 0 atom stereocenters. The normalized spacial score (nSPS) is 12.2. The Hall–Kier alpha value is -1.54. The molecule has 0 fully saturated rings. The zero-order chi connectivity index (χ0) is 14.0. The molecule has 0 aromatic heterocycles. The average molecular weight is 279 g/mol. The quantitative estimate of drug-likeness (QED) is 0.830. The van der Waals surface area contributed by atoms with Crippen LogP contribution in [0, 0.1) is 0 Å². The first-order valence-corrected chi connectivity index (χ1v) is 6.43. The maximum Gasteiger partial charge on any atom is 0.339 e. The van der Waals surface area contributed by atoms with Crippen molar-refractivity contribution in [2.24, 2.45) is 5.90 Å². The van der Waals surface area contributed by atoms with E-state index < -0.39 is 27.5 Å². The highest BCUT2D eigenvalue weighted by molar-refractivity contribution is 7.92. The lowest BCUT2D eigenvalue weighted by atomic mass is 10.1. The van der Waals surface area contributed by atoms with Crippen molar-refractivity contribution >= 4 is 15.8 Å².